The van der Waals surface area contributed by atoms with Crippen LogP contribution in [0.25, 0.3) is 11.3 Å². The van der Waals surface area contributed by atoms with Gasteiger partial charge in [-0.1, -0.05) is 24.3 Å². The third kappa shape index (κ3) is 3.82. The monoisotopic (exact) mass is 364 g/mol. The molecule has 140 valence electrons. The van der Waals surface area contributed by atoms with Crippen LogP contribution in [0.3, 0.4) is 0 Å². The summed E-state index contributed by atoms with van der Waals surface area (Å²) in [5.41, 5.74) is 10.0. The highest BCUT2D eigenvalue weighted by molar-refractivity contribution is 5.96. The number of amides is 1. The van der Waals surface area contributed by atoms with Gasteiger partial charge in [-0.05, 0) is 49.2 Å². The molecule has 0 fully saturated rings. The molecule has 3 aromatic rings. The maximum atomic E-state index is 11.9. The lowest BCUT2D eigenvalue weighted by molar-refractivity contribution is 0.0999. The molecule has 5 heteroatoms. The zero-order chi connectivity index (χ0) is 19.4. The molecule has 0 aliphatic heterocycles. The van der Waals surface area contributed by atoms with Crippen LogP contribution in [0.1, 0.15) is 21.6 Å². The van der Waals surface area contributed by atoms with Gasteiger partial charge in [0.05, 0.1) is 25.5 Å². The standard InChI is InChI=1S/C22H24N2O3/c1-15-19(22(23)25)14-20(18-6-4-5-7-21(18)27-3)24(15)13-12-16-8-10-17(26-2)11-9-16/h4-11,14H,12-13H2,1-3H3,(H2,23,25). The van der Waals surface area contributed by atoms with Crippen LogP contribution in [-0.2, 0) is 13.0 Å². The highest BCUT2D eigenvalue weighted by Crippen LogP contribution is 2.33. The van der Waals surface area contributed by atoms with Crippen LogP contribution in [-0.4, -0.2) is 24.7 Å². The summed E-state index contributed by atoms with van der Waals surface area (Å²) >= 11 is 0. The maximum absolute atomic E-state index is 11.9. The van der Waals surface area contributed by atoms with Crippen molar-refractivity contribution in [3.8, 4) is 22.8 Å². The second-order valence-corrected chi connectivity index (χ2v) is 6.34. The average Bonchev–Trinajstić information content (AvgIpc) is 3.03. The van der Waals surface area contributed by atoms with Gasteiger partial charge in [0.1, 0.15) is 11.5 Å². The summed E-state index contributed by atoms with van der Waals surface area (Å²) in [6, 6.07) is 17.6. The number of carbonyl (C=O) groups is 1. The molecule has 2 aromatic carbocycles. The van der Waals surface area contributed by atoms with Gasteiger partial charge in [-0.2, -0.15) is 0 Å². The summed E-state index contributed by atoms with van der Waals surface area (Å²) in [6.45, 7) is 2.64. The van der Waals surface area contributed by atoms with E-state index in [4.69, 9.17) is 15.2 Å². The Bertz CT molecular complexity index is 943. The number of hydrogen-bond donors (Lipinski definition) is 1. The number of hydrogen-bond acceptors (Lipinski definition) is 3. The molecule has 0 saturated carbocycles. The zero-order valence-electron chi connectivity index (χ0n) is 15.9. The lowest BCUT2D eigenvalue weighted by Crippen LogP contribution is -2.13. The molecule has 0 aliphatic carbocycles. The number of para-hydroxylation sites is 1. The molecular weight excluding hydrogens is 340 g/mol. The molecule has 0 saturated heterocycles. The van der Waals surface area contributed by atoms with E-state index >= 15 is 0 Å². The number of ether oxygens (including phenoxy) is 2. The Kier molecular flexibility index (Phi) is 5.50. The molecule has 27 heavy (non-hydrogen) atoms. The molecule has 5 nitrogen and oxygen atoms in total. The predicted octanol–water partition coefficient (Wildman–Crippen LogP) is 3.82. The van der Waals surface area contributed by atoms with E-state index in [1.807, 2.05) is 49.4 Å². The number of carbonyl (C=O) groups excluding carboxylic acids is 1. The highest BCUT2D eigenvalue weighted by Gasteiger charge is 2.18. The number of aromatic nitrogens is 1. The van der Waals surface area contributed by atoms with E-state index in [2.05, 4.69) is 16.7 Å². The van der Waals surface area contributed by atoms with E-state index in [0.717, 1.165) is 41.4 Å². The maximum Gasteiger partial charge on any atom is 0.250 e. The molecule has 0 unspecified atom stereocenters. The van der Waals surface area contributed by atoms with Crippen molar-refractivity contribution in [2.75, 3.05) is 14.2 Å². The first-order valence-electron chi connectivity index (χ1n) is 8.81. The Labute approximate surface area is 159 Å². The SMILES string of the molecule is COc1ccc(CCn2c(-c3ccccc3OC)cc(C(N)=O)c2C)cc1. The van der Waals surface area contributed by atoms with E-state index in [9.17, 15) is 4.79 Å². The van der Waals surface area contributed by atoms with E-state index in [-0.39, 0.29) is 0 Å². The van der Waals surface area contributed by atoms with Crippen LogP contribution < -0.4 is 15.2 Å². The second kappa shape index (κ2) is 7.99. The topological polar surface area (TPSA) is 66.5 Å². The van der Waals surface area contributed by atoms with Gasteiger partial charge in [0.2, 0.25) is 0 Å². The first-order chi connectivity index (χ1) is 13.0. The number of methoxy groups -OCH3 is 2. The minimum absolute atomic E-state index is 0.424. The summed E-state index contributed by atoms with van der Waals surface area (Å²) in [5.74, 6) is 1.17. The molecule has 0 bridgehead atoms. The molecular formula is C22H24N2O3. The summed E-state index contributed by atoms with van der Waals surface area (Å²) in [4.78, 5) is 11.9. The first kappa shape index (κ1) is 18.6. The van der Waals surface area contributed by atoms with Gasteiger partial charge in [0, 0.05) is 17.8 Å². The highest BCUT2D eigenvalue weighted by atomic mass is 16.5. The van der Waals surface area contributed by atoms with Gasteiger partial charge in [-0.15, -0.1) is 0 Å². The predicted molar refractivity (Wildman–Crippen MR) is 106 cm³/mol. The van der Waals surface area contributed by atoms with E-state index in [1.54, 1.807) is 14.2 Å². The minimum atomic E-state index is -0.424. The molecule has 0 spiro atoms. The van der Waals surface area contributed by atoms with E-state index < -0.39 is 5.91 Å². The van der Waals surface area contributed by atoms with Crippen LogP contribution in [0.2, 0.25) is 0 Å². The molecule has 1 heterocycles. The molecule has 1 aromatic heterocycles. The molecule has 0 aliphatic rings. The van der Waals surface area contributed by atoms with Gasteiger partial charge in [0.15, 0.2) is 0 Å². The Morgan fingerprint density at radius 2 is 1.74 bits per heavy atom. The number of nitrogens with zero attached hydrogens (tertiary/aromatic N) is 1. The van der Waals surface area contributed by atoms with Crippen molar-refractivity contribution in [3.05, 3.63) is 71.4 Å². The Morgan fingerprint density at radius 3 is 2.37 bits per heavy atom. The number of nitrogens with two attached hydrogens (primary N) is 1. The van der Waals surface area contributed by atoms with Crippen molar-refractivity contribution in [2.24, 2.45) is 5.73 Å². The molecule has 0 radical (unpaired) electrons. The van der Waals surface area contributed by atoms with Gasteiger partial charge in [0.25, 0.3) is 5.91 Å². The smallest absolute Gasteiger partial charge is 0.250 e. The third-order valence-corrected chi connectivity index (χ3v) is 4.80. The Balaban J connectivity index is 1.98. The summed E-state index contributed by atoms with van der Waals surface area (Å²) in [6.07, 6.45) is 0.819. The fourth-order valence-corrected chi connectivity index (χ4v) is 3.30. The largest absolute Gasteiger partial charge is 0.497 e. The molecule has 1 amide bonds. The van der Waals surface area contributed by atoms with Crippen molar-refractivity contribution >= 4 is 5.91 Å². The van der Waals surface area contributed by atoms with Crippen molar-refractivity contribution in [1.82, 2.24) is 4.57 Å². The van der Waals surface area contributed by atoms with Crippen LogP contribution in [0.4, 0.5) is 0 Å². The van der Waals surface area contributed by atoms with Crippen LogP contribution >= 0.6 is 0 Å². The molecule has 2 N–H and O–H groups in total. The number of primary amides is 1. The van der Waals surface area contributed by atoms with E-state index in [1.165, 1.54) is 5.56 Å². The fraction of sp³-hybridized carbons (Fsp3) is 0.227. The molecule has 3 rings (SSSR count). The number of aryl methyl sites for hydroxylation is 1. The quantitative estimate of drug-likeness (QED) is 0.693. The summed E-state index contributed by atoms with van der Waals surface area (Å²) < 4.78 is 12.8. The molecule has 0 atom stereocenters. The summed E-state index contributed by atoms with van der Waals surface area (Å²) in [5, 5.41) is 0. The summed E-state index contributed by atoms with van der Waals surface area (Å²) in [7, 11) is 3.30. The van der Waals surface area contributed by atoms with Gasteiger partial charge in [-0.3, -0.25) is 4.79 Å². The Morgan fingerprint density at radius 1 is 1.04 bits per heavy atom. The van der Waals surface area contributed by atoms with Crippen molar-refractivity contribution in [3.63, 3.8) is 0 Å². The Hall–Kier alpha value is -3.21. The average molecular weight is 364 g/mol. The second-order valence-electron chi connectivity index (χ2n) is 6.34. The van der Waals surface area contributed by atoms with Crippen molar-refractivity contribution < 1.29 is 14.3 Å². The van der Waals surface area contributed by atoms with Gasteiger partial charge in [-0.25, -0.2) is 0 Å². The number of benzene rings is 2. The van der Waals surface area contributed by atoms with Gasteiger partial charge < -0.3 is 19.8 Å². The first-order valence-corrected chi connectivity index (χ1v) is 8.81. The van der Waals surface area contributed by atoms with Gasteiger partial charge >= 0.3 is 0 Å². The van der Waals surface area contributed by atoms with Crippen LogP contribution in [0.5, 0.6) is 11.5 Å². The van der Waals surface area contributed by atoms with E-state index in [0.29, 0.717) is 5.56 Å². The van der Waals surface area contributed by atoms with Crippen molar-refractivity contribution in [1.29, 1.82) is 0 Å². The zero-order valence-corrected chi connectivity index (χ0v) is 15.9. The number of rotatable bonds is 7. The lowest BCUT2D eigenvalue weighted by Gasteiger charge is -2.14. The lowest BCUT2D eigenvalue weighted by atomic mass is 10.1. The third-order valence-electron chi connectivity index (χ3n) is 4.80. The van der Waals surface area contributed by atoms with Crippen LogP contribution in [0.15, 0.2) is 54.6 Å². The minimum Gasteiger partial charge on any atom is -0.497 e. The normalized spacial score (nSPS) is 10.6. The van der Waals surface area contributed by atoms with Crippen LogP contribution in [0, 0.1) is 6.92 Å². The fourth-order valence-electron chi connectivity index (χ4n) is 3.30. The van der Waals surface area contributed by atoms with Crippen molar-refractivity contribution in [2.45, 2.75) is 19.9 Å².